The number of hydrogen-bond donors (Lipinski definition) is 0. The van der Waals surface area contributed by atoms with E-state index in [1.165, 1.54) is 4.90 Å². The van der Waals surface area contributed by atoms with Crippen LogP contribution in [-0.2, 0) is 20.8 Å². The Morgan fingerprint density at radius 1 is 1.07 bits per heavy atom. The fourth-order valence-corrected chi connectivity index (χ4v) is 4.72. The summed E-state index contributed by atoms with van der Waals surface area (Å²) in [7, 11) is 0. The van der Waals surface area contributed by atoms with Crippen LogP contribution in [0.3, 0.4) is 0 Å². The van der Waals surface area contributed by atoms with Gasteiger partial charge in [-0.3, -0.25) is 9.69 Å². The van der Waals surface area contributed by atoms with Gasteiger partial charge in [-0.1, -0.05) is 30.3 Å². The van der Waals surface area contributed by atoms with E-state index >= 15 is 0 Å². The number of halogens is 3. The van der Waals surface area contributed by atoms with Crippen molar-refractivity contribution in [3.8, 4) is 0 Å². The van der Waals surface area contributed by atoms with Crippen LogP contribution in [0, 0.1) is 11.3 Å². The van der Waals surface area contributed by atoms with Gasteiger partial charge < -0.3 is 14.4 Å². The van der Waals surface area contributed by atoms with Crippen molar-refractivity contribution in [2.24, 2.45) is 11.3 Å². The average Bonchev–Trinajstić information content (AvgIpc) is 3.39. The Kier molecular flexibility index (Phi) is 5.86. The lowest BCUT2D eigenvalue weighted by atomic mass is 9.83. The molecular formula is C21H27F3N2O3. The zero-order valence-electron chi connectivity index (χ0n) is 16.4. The molecule has 8 heteroatoms. The molecule has 0 saturated carbocycles. The molecule has 0 radical (unpaired) electrons. The smallest absolute Gasteiger partial charge is 0.350 e. The van der Waals surface area contributed by atoms with E-state index in [4.69, 9.17) is 9.47 Å². The summed E-state index contributed by atoms with van der Waals surface area (Å²) in [6, 6.07) is 9.41. The highest BCUT2D eigenvalue weighted by Gasteiger charge is 2.64. The lowest BCUT2D eigenvalue weighted by Crippen LogP contribution is -2.55. The number of carbonyl (C=O) groups excluding carboxylic acids is 1. The van der Waals surface area contributed by atoms with Crippen LogP contribution in [-0.4, -0.2) is 67.6 Å². The SMILES string of the molecule is O=C(N1CCC(C2OCCO2)CC1)C1(C(F)(F)F)CCN(Cc2ccccc2)C1. The number of ether oxygens (including phenoxy) is 2. The Bertz CT molecular complexity index is 701. The van der Waals surface area contributed by atoms with E-state index in [0.717, 1.165) is 5.56 Å². The van der Waals surface area contributed by atoms with Crippen LogP contribution in [0.15, 0.2) is 30.3 Å². The number of benzene rings is 1. The summed E-state index contributed by atoms with van der Waals surface area (Å²) in [5, 5.41) is 0. The van der Waals surface area contributed by atoms with Crippen LogP contribution in [0.4, 0.5) is 13.2 Å². The second kappa shape index (κ2) is 8.24. The van der Waals surface area contributed by atoms with Gasteiger partial charge in [0.2, 0.25) is 5.91 Å². The first-order chi connectivity index (χ1) is 13.9. The van der Waals surface area contributed by atoms with Gasteiger partial charge in [-0.25, -0.2) is 0 Å². The van der Waals surface area contributed by atoms with Gasteiger partial charge in [0.05, 0.1) is 13.2 Å². The first-order valence-electron chi connectivity index (χ1n) is 10.2. The van der Waals surface area contributed by atoms with Crippen LogP contribution in [0.25, 0.3) is 0 Å². The topological polar surface area (TPSA) is 42.0 Å². The van der Waals surface area contributed by atoms with Gasteiger partial charge in [0, 0.05) is 32.1 Å². The molecule has 1 atom stereocenters. The van der Waals surface area contributed by atoms with Crippen molar-refractivity contribution in [1.82, 2.24) is 9.80 Å². The molecule has 0 aliphatic carbocycles. The molecule has 0 aromatic heterocycles. The predicted octanol–water partition coefficient (Wildman–Crippen LogP) is 3.05. The van der Waals surface area contributed by atoms with Crippen molar-refractivity contribution >= 4 is 5.91 Å². The fraction of sp³-hybridized carbons (Fsp3) is 0.667. The second-order valence-electron chi connectivity index (χ2n) is 8.27. The van der Waals surface area contributed by atoms with Crippen LogP contribution in [0.1, 0.15) is 24.8 Å². The molecule has 1 unspecified atom stereocenters. The number of alkyl halides is 3. The van der Waals surface area contributed by atoms with E-state index in [1.54, 1.807) is 4.90 Å². The monoisotopic (exact) mass is 412 g/mol. The third-order valence-corrected chi connectivity index (χ3v) is 6.41. The van der Waals surface area contributed by atoms with Crippen molar-refractivity contribution in [1.29, 1.82) is 0 Å². The minimum Gasteiger partial charge on any atom is -0.350 e. The minimum atomic E-state index is -4.57. The molecule has 3 aliphatic heterocycles. The molecule has 3 heterocycles. The lowest BCUT2D eigenvalue weighted by molar-refractivity contribution is -0.224. The Balaban J connectivity index is 1.42. The Morgan fingerprint density at radius 3 is 2.34 bits per heavy atom. The van der Waals surface area contributed by atoms with Crippen LogP contribution >= 0.6 is 0 Å². The molecule has 1 amide bonds. The molecular weight excluding hydrogens is 385 g/mol. The van der Waals surface area contributed by atoms with E-state index in [9.17, 15) is 18.0 Å². The van der Waals surface area contributed by atoms with Crippen LogP contribution < -0.4 is 0 Å². The van der Waals surface area contributed by atoms with E-state index < -0.39 is 17.5 Å². The normalized spacial score (nSPS) is 27.6. The van der Waals surface area contributed by atoms with Crippen molar-refractivity contribution in [3.05, 3.63) is 35.9 Å². The highest BCUT2D eigenvalue weighted by atomic mass is 19.4. The zero-order chi connectivity index (χ0) is 20.5. The van der Waals surface area contributed by atoms with E-state index in [2.05, 4.69) is 0 Å². The largest absolute Gasteiger partial charge is 0.404 e. The summed E-state index contributed by atoms with van der Waals surface area (Å²) in [6.45, 7) is 2.16. The molecule has 1 aromatic rings. The summed E-state index contributed by atoms with van der Waals surface area (Å²) in [5.41, 5.74) is -1.36. The first-order valence-corrected chi connectivity index (χ1v) is 10.2. The number of amides is 1. The van der Waals surface area contributed by atoms with Gasteiger partial charge in [0.1, 0.15) is 0 Å². The van der Waals surface area contributed by atoms with Gasteiger partial charge in [-0.05, 0) is 31.4 Å². The fourth-order valence-electron chi connectivity index (χ4n) is 4.72. The lowest BCUT2D eigenvalue weighted by Gasteiger charge is -2.40. The number of carbonyl (C=O) groups is 1. The Hall–Kier alpha value is -1.64. The first kappa shape index (κ1) is 20.6. The molecule has 3 aliphatic rings. The van der Waals surface area contributed by atoms with Gasteiger partial charge in [-0.2, -0.15) is 13.2 Å². The molecule has 0 N–H and O–H groups in total. The minimum absolute atomic E-state index is 0.140. The van der Waals surface area contributed by atoms with Crippen molar-refractivity contribution in [2.45, 2.75) is 38.3 Å². The third-order valence-electron chi connectivity index (χ3n) is 6.41. The van der Waals surface area contributed by atoms with E-state index in [0.29, 0.717) is 45.7 Å². The molecule has 0 bridgehead atoms. The number of nitrogens with zero attached hydrogens (tertiary/aromatic N) is 2. The highest BCUT2D eigenvalue weighted by Crippen LogP contribution is 2.47. The Morgan fingerprint density at radius 2 is 1.72 bits per heavy atom. The summed E-state index contributed by atoms with van der Waals surface area (Å²) in [5.74, 6) is -0.631. The number of rotatable bonds is 4. The summed E-state index contributed by atoms with van der Waals surface area (Å²) in [4.78, 5) is 16.3. The van der Waals surface area contributed by atoms with E-state index in [-0.39, 0.29) is 31.7 Å². The van der Waals surface area contributed by atoms with Crippen molar-refractivity contribution < 1.29 is 27.4 Å². The molecule has 1 aromatic carbocycles. The maximum Gasteiger partial charge on any atom is 0.404 e. The molecule has 3 fully saturated rings. The Labute approximate surface area is 168 Å². The van der Waals surface area contributed by atoms with Gasteiger partial charge in [0.25, 0.3) is 0 Å². The zero-order valence-corrected chi connectivity index (χ0v) is 16.4. The third kappa shape index (κ3) is 4.15. The molecule has 5 nitrogen and oxygen atoms in total. The molecule has 29 heavy (non-hydrogen) atoms. The van der Waals surface area contributed by atoms with Crippen molar-refractivity contribution in [2.75, 3.05) is 39.4 Å². The standard InChI is InChI=1S/C21H27F3N2O3/c22-21(23,24)20(8-11-25(15-20)14-16-4-2-1-3-5-16)19(27)26-9-6-17(7-10-26)18-28-12-13-29-18/h1-5,17-18H,6-15H2. The number of piperidine rings is 1. The van der Waals surface area contributed by atoms with Crippen LogP contribution in [0.5, 0.6) is 0 Å². The van der Waals surface area contributed by atoms with Gasteiger partial charge >= 0.3 is 6.18 Å². The maximum atomic E-state index is 14.1. The second-order valence-corrected chi connectivity index (χ2v) is 8.27. The average molecular weight is 412 g/mol. The summed E-state index contributed by atoms with van der Waals surface area (Å²) >= 11 is 0. The number of hydrogen-bond acceptors (Lipinski definition) is 4. The highest BCUT2D eigenvalue weighted by molar-refractivity contribution is 5.84. The molecule has 4 rings (SSSR count). The van der Waals surface area contributed by atoms with Gasteiger partial charge in [0.15, 0.2) is 11.7 Å². The predicted molar refractivity (Wildman–Crippen MR) is 99.8 cm³/mol. The van der Waals surface area contributed by atoms with Gasteiger partial charge in [-0.15, -0.1) is 0 Å². The molecule has 3 saturated heterocycles. The maximum absolute atomic E-state index is 14.1. The van der Waals surface area contributed by atoms with E-state index in [1.807, 2.05) is 30.3 Å². The van der Waals surface area contributed by atoms with Crippen molar-refractivity contribution in [3.63, 3.8) is 0 Å². The number of likely N-dealkylation sites (tertiary alicyclic amines) is 2. The summed E-state index contributed by atoms with van der Waals surface area (Å²) < 4.78 is 53.5. The quantitative estimate of drug-likeness (QED) is 0.763. The van der Waals surface area contributed by atoms with Crippen LogP contribution in [0.2, 0.25) is 0 Å². The molecule has 160 valence electrons. The summed E-state index contributed by atoms with van der Waals surface area (Å²) in [6.07, 6.45) is -3.81. The molecule has 0 spiro atoms.